The van der Waals surface area contributed by atoms with Crippen LogP contribution < -0.4 is 10.2 Å². The molecule has 2 heteroatoms. The molecule has 0 aromatic heterocycles. The fourth-order valence-corrected chi connectivity index (χ4v) is 2.90. The van der Waals surface area contributed by atoms with Gasteiger partial charge in [-0.25, -0.2) is 0 Å². The van der Waals surface area contributed by atoms with E-state index < -0.39 is 0 Å². The van der Waals surface area contributed by atoms with Crippen molar-refractivity contribution in [2.75, 3.05) is 31.6 Å². The lowest BCUT2D eigenvalue weighted by Crippen LogP contribution is -2.30. The summed E-state index contributed by atoms with van der Waals surface area (Å²) in [6.07, 6.45) is 6.57. The highest BCUT2D eigenvalue weighted by atomic mass is 15.1. The van der Waals surface area contributed by atoms with Crippen LogP contribution in [0.2, 0.25) is 0 Å². The predicted octanol–water partition coefficient (Wildman–Crippen LogP) is 3.47. The lowest BCUT2D eigenvalue weighted by molar-refractivity contribution is 0.352. The lowest BCUT2D eigenvalue weighted by atomic mass is 9.94. The van der Waals surface area contributed by atoms with Crippen LogP contribution in [-0.4, -0.2) is 26.7 Å². The first-order chi connectivity index (χ1) is 9.29. The van der Waals surface area contributed by atoms with Gasteiger partial charge in [0.15, 0.2) is 0 Å². The average molecular weight is 260 g/mol. The largest absolute Gasteiger partial charge is 0.375 e. The number of nitrogens with zero attached hydrogens (tertiary/aromatic N) is 1. The summed E-state index contributed by atoms with van der Waals surface area (Å²) in [4.78, 5) is 2.38. The molecular formula is C17H28N2. The van der Waals surface area contributed by atoms with Crippen LogP contribution >= 0.6 is 0 Å². The smallest absolute Gasteiger partial charge is 0.0363 e. The van der Waals surface area contributed by atoms with Crippen molar-refractivity contribution in [1.29, 1.82) is 0 Å². The molecule has 106 valence electrons. The van der Waals surface area contributed by atoms with Gasteiger partial charge in [0.05, 0.1) is 0 Å². The number of piperidine rings is 1. The summed E-state index contributed by atoms with van der Waals surface area (Å²) in [5.74, 6) is 0.907. The fraction of sp³-hybridized carbons (Fsp3) is 0.647. The third-order valence-electron chi connectivity index (χ3n) is 4.29. The van der Waals surface area contributed by atoms with Gasteiger partial charge in [0.25, 0.3) is 0 Å². The molecule has 1 aliphatic rings. The highest BCUT2D eigenvalue weighted by molar-refractivity contribution is 5.46. The molecule has 19 heavy (non-hydrogen) atoms. The Labute approximate surface area is 118 Å². The molecule has 2 nitrogen and oxygen atoms in total. The molecule has 0 amide bonds. The highest BCUT2D eigenvalue weighted by Gasteiger charge is 2.12. The number of aryl methyl sites for hydroxylation is 1. The maximum atomic E-state index is 3.50. The number of rotatable bonds is 6. The quantitative estimate of drug-likeness (QED) is 0.842. The molecule has 0 radical (unpaired) electrons. The minimum absolute atomic E-state index is 0.907. The Balaban J connectivity index is 1.72. The van der Waals surface area contributed by atoms with E-state index in [-0.39, 0.29) is 0 Å². The normalized spacial score (nSPS) is 19.4. The van der Waals surface area contributed by atoms with E-state index in [1.807, 2.05) is 0 Å². The van der Waals surface area contributed by atoms with Crippen molar-refractivity contribution in [3.8, 4) is 0 Å². The molecule has 1 N–H and O–H groups in total. The second-order valence-electron chi connectivity index (χ2n) is 5.80. The highest BCUT2D eigenvalue weighted by Crippen LogP contribution is 2.18. The van der Waals surface area contributed by atoms with Crippen LogP contribution in [0.1, 0.15) is 38.2 Å². The van der Waals surface area contributed by atoms with Gasteiger partial charge in [-0.3, -0.25) is 0 Å². The van der Waals surface area contributed by atoms with Gasteiger partial charge in [-0.2, -0.15) is 0 Å². The summed E-state index contributed by atoms with van der Waals surface area (Å²) >= 11 is 0. The van der Waals surface area contributed by atoms with Gasteiger partial charge in [0, 0.05) is 19.3 Å². The molecule has 0 bridgehead atoms. The second-order valence-corrected chi connectivity index (χ2v) is 5.80. The molecule has 0 spiro atoms. The van der Waals surface area contributed by atoms with Crippen LogP contribution in [0.4, 0.5) is 5.69 Å². The summed E-state index contributed by atoms with van der Waals surface area (Å²) in [5.41, 5.74) is 2.77. The Bertz CT molecular complexity index is 352. The fourth-order valence-electron chi connectivity index (χ4n) is 2.90. The summed E-state index contributed by atoms with van der Waals surface area (Å²) in [6, 6.07) is 9.00. The van der Waals surface area contributed by atoms with E-state index in [4.69, 9.17) is 0 Å². The summed E-state index contributed by atoms with van der Waals surface area (Å²) in [7, 11) is 2.21. The first-order valence-corrected chi connectivity index (χ1v) is 7.80. The minimum atomic E-state index is 0.907. The van der Waals surface area contributed by atoms with Gasteiger partial charge >= 0.3 is 0 Å². The van der Waals surface area contributed by atoms with Crippen LogP contribution in [0.15, 0.2) is 24.3 Å². The average Bonchev–Trinajstić information content (AvgIpc) is 2.48. The number of hydrogen-bond acceptors (Lipinski definition) is 2. The van der Waals surface area contributed by atoms with E-state index in [2.05, 4.69) is 48.5 Å². The second kappa shape index (κ2) is 7.54. The third kappa shape index (κ3) is 4.54. The van der Waals surface area contributed by atoms with Gasteiger partial charge in [0.2, 0.25) is 0 Å². The molecule has 1 aromatic rings. The van der Waals surface area contributed by atoms with Crippen molar-refractivity contribution in [1.82, 2.24) is 5.32 Å². The third-order valence-corrected chi connectivity index (χ3v) is 4.29. The molecule has 2 rings (SSSR count). The molecular weight excluding hydrogens is 232 g/mol. The molecule has 0 aliphatic carbocycles. The zero-order valence-corrected chi connectivity index (χ0v) is 12.5. The number of benzene rings is 1. The van der Waals surface area contributed by atoms with Crippen LogP contribution in [0, 0.1) is 5.92 Å². The van der Waals surface area contributed by atoms with Gasteiger partial charge in [-0.1, -0.05) is 19.1 Å². The SMILES string of the molecule is CCc1ccc(N(C)CCCC2CCCNC2)cc1. The predicted molar refractivity (Wildman–Crippen MR) is 83.9 cm³/mol. The minimum Gasteiger partial charge on any atom is -0.375 e. The summed E-state index contributed by atoms with van der Waals surface area (Å²) in [5, 5.41) is 3.50. The summed E-state index contributed by atoms with van der Waals surface area (Å²) < 4.78 is 0. The molecule has 0 saturated carbocycles. The standard InChI is InChI=1S/C17H28N2/c1-3-15-8-10-17(11-9-15)19(2)13-5-7-16-6-4-12-18-14-16/h8-11,16,18H,3-7,12-14H2,1-2H3. The van der Waals surface area contributed by atoms with Crippen molar-refractivity contribution in [3.05, 3.63) is 29.8 Å². The molecule has 1 saturated heterocycles. The number of anilines is 1. The van der Waals surface area contributed by atoms with E-state index in [0.717, 1.165) is 12.3 Å². The topological polar surface area (TPSA) is 15.3 Å². The van der Waals surface area contributed by atoms with Crippen LogP contribution in [-0.2, 0) is 6.42 Å². The monoisotopic (exact) mass is 260 g/mol. The zero-order valence-electron chi connectivity index (χ0n) is 12.5. The van der Waals surface area contributed by atoms with Gasteiger partial charge < -0.3 is 10.2 Å². The lowest BCUT2D eigenvalue weighted by Gasteiger charge is -2.24. The Hall–Kier alpha value is -1.02. The maximum Gasteiger partial charge on any atom is 0.0363 e. The van der Waals surface area contributed by atoms with Crippen molar-refractivity contribution >= 4 is 5.69 Å². The first kappa shape index (κ1) is 14.4. The molecule has 1 unspecified atom stereocenters. The van der Waals surface area contributed by atoms with Crippen molar-refractivity contribution in [3.63, 3.8) is 0 Å². The Kier molecular flexibility index (Phi) is 5.71. The van der Waals surface area contributed by atoms with E-state index in [0.29, 0.717) is 0 Å². The Morgan fingerprint density at radius 1 is 1.26 bits per heavy atom. The zero-order chi connectivity index (χ0) is 13.5. The molecule has 1 atom stereocenters. The van der Waals surface area contributed by atoms with Crippen LogP contribution in [0.25, 0.3) is 0 Å². The van der Waals surface area contributed by atoms with E-state index in [1.54, 1.807) is 0 Å². The Morgan fingerprint density at radius 3 is 2.68 bits per heavy atom. The van der Waals surface area contributed by atoms with Gasteiger partial charge in [-0.05, 0) is 68.8 Å². The van der Waals surface area contributed by atoms with Gasteiger partial charge in [0.1, 0.15) is 0 Å². The van der Waals surface area contributed by atoms with E-state index >= 15 is 0 Å². The molecule has 1 fully saturated rings. The maximum absolute atomic E-state index is 3.50. The molecule has 1 aromatic carbocycles. The van der Waals surface area contributed by atoms with Crippen molar-refractivity contribution < 1.29 is 0 Å². The first-order valence-electron chi connectivity index (χ1n) is 7.80. The Morgan fingerprint density at radius 2 is 2.05 bits per heavy atom. The number of hydrogen-bond donors (Lipinski definition) is 1. The van der Waals surface area contributed by atoms with Crippen molar-refractivity contribution in [2.45, 2.75) is 39.0 Å². The molecule has 1 heterocycles. The number of nitrogens with one attached hydrogen (secondary N) is 1. The van der Waals surface area contributed by atoms with Crippen LogP contribution in [0.5, 0.6) is 0 Å². The van der Waals surface area contributed by atoms with Crippen molar-refractivity contribution in [2.24, 2.45) is 5.92 Å². The summed E-state index contributed by atoms with van der Waals surface area (Å²) in [6.45, 7) is 5.83. The van der Waals surface area contributed by atoms with E-state index in [1.165, 1.54) is 56.6 Å². The molecule has 1 aliphatic heterocycles. The van der Waals surface area contributed by atoms with E-state index in [9.17, 15) is 0 Å². The van der Waals surface area contributed by atoms with Crippen LogP contribution in [0.3, 0.4) is 0 Å². The van der Waals surface area contributed by atoms with Gasteiger partial charge in [-0.15, -0.1) is 0 Å².